The summed E-state index contributed by atoms with van der Waals surface area (Å²) in [6, 6.07) is 4.69. The molecule has 1 heterocycles. The van der Waals surface area contributed by atoms with Crippen molar-refractivity contribution in [3.8, 4) is 0 Å². The number of carbonyl (C=O) groups is 1. The average Bonchev–Trinajstić information content (AvgIpc) is 2.43. The molecule has 2 rings (SSSR count). The summed E-state index contributed by atoms with van der Waals surface area (Å²) in [5.41, 5.74) is 6.16. The largest absolute Gasteiger partial charge is 0.399 e. The fourth-order valence-electron chi connectivity index (χ4n) is 2.47. The van der Waals surface area contributed by atoms with E-state index in [-0.39, 0.29) is 18.1 Å². The van der Waals surface area contributed by atoms with Crippen LogP contribution in [0.15, 0.2) is 18.2 Å². The van der Waals surface area contributed by atoms with Crippen LogP contribution >= 0.6 is 0 Å². The first-order chi connectivity index (χ1) is 9.95. The van der Waals surface area contributed by atoms with Gasteiger partial charge >= 0.3 is 0 Å². The van der Waals surface area contributed by atoms with Crippen molar-refractivity contribution in [1.29, 1.82) is 0 Å². The van der Waals surface area contributed by atoms with Gasteiger partial charge in [0.15, 0.2) is 0 Å². The van der Waals surface area contributed by atoms with E-state index in [9.17, 15) is 9.18 Å². The monoisotopic (exact) mass is 294 g/mol. The molecule has 0 aromatic heterocycles. The lowest BCUT2D eigenvalue weighted by Gasteiger charge is -2.36. The summed E-state index contributed by atoms with van der Waals surface area (Å²) >= 11 is 0. The van der Waals surface area contributed by atoms with Crippen LogP contribution in [0.3, 0.4) is 0 Å². The maximum atomic E-state index is 13.6. The number of benzene rings is 1. The summed E-state index contributed by atoms with van der Waals surface area (Å²) in [7, 11) is 0. The summed E-state index contributed by atoms with van der Waals surface area (Å²) in [6.07, 6.45) is 0. The van der Waals surface area contributed by atoms with Crippen LogP contribution in [0.25, 0.3) is 0 Å². The number of nitrogen functional groups attached to an aromatic ring is 1. The van der Waals surface area contributed by atoms with Gasteiger partial charge in [-0.15, -0.1) is 0 Å². The molecule has 6 heteroatoms. The Balaban J connectivity index is 1.84. The highest BCUT2D eigenvalue weighted by Gasteiger charge is 2.20. The van der Waals surface area contributed by atoms with Gasteiger partial charge in [0.1, 0.15) is 5.82 Å². The van der Waals surface area contributed by atoms with Gasteiger partial charge < -0.3 is 11.1 Å². The van der Waals surface area contributed by atoms with Crippen molar-refractivity contribution >= 4 is 17.3 Å². The highest BCUT2D eigenvalue weighted by Crippen LogP contribution is 2.17. The standard InChI is InChI=1S/C15H23FN4O/c1-11(2)20-7-5-19(6-8-20)10-15(21)18-14-9-12(17)3-4-13(14)16/h3-4,9,11H,5-8,10,17H2,1-2H3,(H,18,21). The smallest absolute Gasteiger partial charge is 0.238 e. The highest BCUT2D eigenvalue weighted by molar-refractivity contribution is 5.92. The zero-order chi connectivity index (χ0) is 15.4. The summed E-state index contributed by atoms with van der Waals surface area (Å²) in [6.45, 7) is 8.24. The third-order valence-corrected chi connectivity index (χ3v) is 3.77. The number of carbonyl (C=O) groups excluding carboxylic acids is 1. The fraction of sp³-hybridized carbons (Fsp3) is 0.533. The van der Waals surface area contributed by atoms with Crippen LogP contribution in [0.5, 0.6) is 0 Å². The fourth-order valence-corrected chi connectivity index (χ4v) is 2.47. The molecule has 116 valence electrons. The first-order valence-electron chi connectivity index (χ1n) is 7.27. The average molecular weight is 294 g/mol. The zero-order valence-corrected chi connectivity index (χ0v) is 12.6. The SMILES string of the molecule is CC(C)N1CCN(CC(=O)Nc2cc(N)ccc2F)CC1. The Morgan fingerprint density at radius 3 is 2.62 bits per heavy atom. The Kier molecular flexibility index (Phi) is 5.14. The lowest BCUT2D eigenvalue weighted by atomic mass is 10.2. The molecule has 0 spiro atoms. The number of amides is 1. The van der Waals surface area contributed by atoms with Crippen molar-refractivity contribution < 1.29 is 9.18 Å². The topological polar surface area (TPSA) is 61.6 Å². The summed E-state index contributed by atoms with van der Waals surface area (Å²) in [5, 5.41) is 2.58. The zero-order valence-electron chi connectivity index (χ0n) is 12.6. The minimum atomic E-state index is -0.470. The van der Waals surface area contributed by atoms with E-state index in [1.165, 1.54) is 18.2 Å². The van der Waals surface area contributed by atoms with Gasteiger partial charge in [0.25, 0.3) is 0 Å². The van der Waals surface area contributed by atoms with Crippen molar-refractivity contribution in [2.45, 2.75) is 19.9 Å². The minimum Gasteiger partial charge on any atom is -0.399 e. The Labute approximate surface area is 124 Å². The molecule has 21 heavy (non-hydrogen) atoms. The number of nitrogens with one attached hydrogen (secondary N) is 1. The number of hydrogen-bond donors (Lipinski definition) is 2. The first-order valence-corrected chi connectivity index (χ1v) is 7.27. The Morgan fingerprint density at radius 1 is 1.33 bits per heavy atom. The molecule has 1 aromatic carbocycles. The van der Waals surface area contributed by atoms with Gasteiger partial charge in [-0.3, -0.25) is 14.6 Å². The van der Waals surface area contributed by atoms with Crippen LogP contribution in [0, 0.1) is 5.82 Å². The Hall–Kier alpha value is -1.66. The van der Waals surface area contributed by atoms with Crippen molar-refractivity contribution in [3.63, 3.8) is 0 Å². The second kappa shape index (κ2) is 6.87. The van der Waals surface area contributed by atoms with E-state index in [2.05, 4.69) is 29.0 Å². The second-order valence-corrected chi connectivity index (χ2v) is 5.69. The third-order valence-electron chi connectivity index (χ3n) is 3.77. The van der Waals surface area contributed by atoms with Gasteiger partial charge in [0.05, 0.1) is 12.2 Å². The predicted octanol–water partition coefficient (Wildman–Crippen LogP) is 1.37. The molecule has 0 saturated carbocycles. The van der Waals surface area contributed by atoms with Gasteiger partial charge in [0.2, 0.25) is 5.91 Å². The maximum absolute atomic E-state index is 13.6. The Bertz CT molecular complexity index is 498. The lowest BCUT2D eigenvalue weighted by Crippen LogP contribution is -2.50. The van der Waals surface area contributed by atoms with E-state index in [0.29, 0.717) is 11.7 Å². The Morgan fingerprint density at radius 2 is 2.00 bits per heavy atom. The van der Waals surface area contributed by atoms with Crippen molar-refractivity contribution in [2.75, 3.05) is 43.8 Å². The first kappa shape index (κ1) is 15.7. The molecule has 1 fully saturated rings. The quantitative estimate of drug-likeness (QED) is 0.824. The highest BCUT2D eigenvalue weighted by atomic mass is 19.1. The predicted molar refractivity (Wildman–Crippen MR) is 82.6 cm³/mol. The second-order valence-electron chi connectivity index (χ2n) is 5.69. The van der Waals surface area contributed by atoms with E-state index < -0.39 is 5.82 Å². The van der Waals surface area contributed by atoms with Crippen LogP contribution in [0.1, 0.15) is 13.8 Å². The molecule has 0 unspecified atom stereocenters. The number of rotatable bonds is 4. The molecule has 1 amide bonds. The third kappa shape index (κ3) is 4.41. The molecule has 0 aliphatic carbocycles. The summed E-state index contributed by atoms with van der Waals surface area (Å²) in [5.74, 6) is -0.681. The lowest BCUT2D eigenvalue weighted by molar-refractivity contribution is -0.117. The van der Waals surface area contributed by atoms with Gasteiger partial charge in [-0.05, 0) is 32.0 Å². The van der Waals surface area contributed by atoms with Gasteiger partial charge in [-0.25, -0.2) is 4.39 Å². The molecule has 1 aliphatic heterocycles. The van der Waals surface area contributed by atoms with Crippen molar-refractivity contribution in [1.82, 2.24) is 9.80 Å². The molecule has 1 aromatic rings. The summed E-state index contributed by atoms with van der Waals surface area (Å²) < 4.78 is 13.6. The summed E-state index contributed by atoms with van der Waals surface area (Å²) in [4.78, 5) is 16.4. The van der Waals surface area contributed by atoms with Gasteiger partial charge in [-0.1, -0.05) is 0 Å². The number of hydrogen-bond acceptors (Lipinski definition) is 4. The van der Waals surface area contributed by atoms with E-state index in [1.807, 2.05) is 0 Å². The van der Waals surface area contributed by atoms with Crippen LogP contribution in [0.4, 0.5) is 15.8 Å². The van der Waals surface area contributed by atoms with Gasteiger partial charge in [-0.2, -0.15) is 0 Å². The minimum absolute atomic E-state index is 0.140. The number of anilines is 2. The normalized spacial score (nSPS) is 17.1. The molecule has 3 N–H and O–H groups in total. The van der Waals surface area contributed by atoms with Crippen LogP contribution < -0.4 is 11.1 Å². The van der Waals surface area contributed by atoms with Crippen LogP contribution in [-0.4, -0.2) is 54.5 Å². The van der Waals surface area contributed by atoms with Crippen molar-refractivity contribution in [2.24, 2.45) is 0 Å². The molecular formula is C15H23FN4O. The maximum Gasteiger partial charge on any atom is 0.238 e. The molecule has 0 radical (unpaired) electrons. The molecule has 5 nitrogen and oxygen atoms in total. The molecule has 1 saturated heterocycles. The number of nitrogens with zero attached hydrogens (tertiary/aromatic N) is 2. The van der Waals surface area contributed by atoms with E-state index in [0.717, 1.165) is 26.2 Å². The van der Waals surface area contributed by atoms with Gasteiger partial charge in [0, 0.05) is 37.9 Å². The van der Waals surface area contributed by atoms with Crippen LogP contribution in [0.2, 0.25) is 0 Å². The van der Waals surface area contributed by atoms with Crippen LogP contribution in [-0.2, 0) is 4.79 Å². The van der Waals surface area contributed by atoms with Crippen molar-refractivity contribution in [3.05, 3.63) is 24.0 Å². The van der Waals surface area contributed by atoms with E-state index in [4.69, 9.17) is 5.73 Å². The molecular weight excluding hydrogens is 271 g/mol. The number of piperazine rings is 1. The number of halogens is 1. The molecule has 0 bridgehead atoms. The molecule has 1 aliphatic rings. The number of nitrogens with two attached hydrogens (primary N) is 1. The van der Waals surface area contributed by atoms with E-state index >= 15 is 0 Å². The molecule has 0 atom stereocenters. The van der Waals surface area contributed by atoms with E-state index in [1.54, 1.807) is 0 Å².